The smallest absolute Gasteiger partial charge is 0.223 e. The van der Waals surface area contributed by atoms with Gasteiger partial charge in [0.25, 0.3) is 0 Å². The number of amides is 1. The lowest BCUT2D eigenvalue weighted by Gasteiger charge is -2.27. The molecule has 2 heterocycles. The van der Waals surface area contributed by atoms with Crippen molar-refractivity contribution in [2.24, 2.45) is 0 Å². The van der Waals surface area contributed by atoms with Crippen LogP contribution in [0.3, 0.4) is 0 Å². The first-order valence-corrected chi connectivity index (χ1v) is 9.68. The number of fused-ring (bicyclic) bond motifs is 1. The van der Waals surface area contributed by atoms with Crippen molar-refractivity contribution in [1.82, 2.24) is 14.7 Å². The molecule has 0 saturated heterocycles. The Morgan fingerprint density at radius 2 is 2.04 bits per heavy atom. The Morgan fingerprint density at radius 1 is 1.25 bits per heavy atom. The Labute approximate surface area is 164 Å². The second-order valence-electron chi connectivity index (χ2n) is 7.11. The average molecular weight is 385 g/mol. The standard InChI is InChI=1S/C21H27N3O4/c1-4-28-20-7-5-16(11-14(20)2)19(26)6-8-21(27)23-9-10-24-17(13-23)12-18(22-24)15(3)25/h5,7,11-12,15,25H,4,6,8-10,13H2,1-3H3/t15-/m0/s1. The third-order valence-electron chi connectivity index (χ3n) is 4.96. The van der Waals surface area contributed by atoms with E-state index < -0.39 is 6.10 Å². The average Bonchev–Trinajstić information content (AvgIpc) is 3.11. The predicted molar refractivity (Wildman–Crippen MR) is 104 cm³/mol. The van der Waals surface area contributed by atoms with Crippen molar-refractivity contribution in [1.29, 1.82) is 0 Å². The number of hydrogen-bond acceptors (Lipinski definition) is 5. The fraction of sp³-hybridized carbons (Fsp3) is 0.476. The summed E-state index contributed by atoms with van der Waals surface area (Å²) in [4.78, 5) is 26.8. The maximum absolute atomic E-state index is 12.6. The number of hydrogen-bond donors (Lipinski definition) is 1. The first-order chi connectivity index (χ1) is 13.4. The fourth-order valence-electron chi connectivity index (χ4n) is 3.37. The Bertz CT molecular complexity index is 873. The van der Waals surface area contributed by atoms with E-state index in [2.05, 4.69) is 5.10 Å². The van der Waals surface area contributed by atoms with Crippen LogP contribution in [0.15, 0.2) is 24.3 Å². The van der Waals surface area contributed by atoms with Crippen molar-refractivity contribution in [3.05, 3.63) is 46.8 Å². The zero-order valence-corrected chi connectivity index (χ0v) is 16.6. The zero-order chi connectivity index (χ0) is 20.3. The quantitative estimate of drug-likeness (QED) is 0.741. The molecule has 28 heavy (non-hydrogen) atoms. The monoisotopic (exact) mass is 385 g/mol. The van der Waals surface area contributed by atoms with Crippen molar-refractivity contribution in [3.63, 3.8) is 0 Å². The number of nitrogens with zero attached hydrogens (tertiary/aromatic N) is 3. The lowest BCUT2D eigenvalue weighted by atomic mass is 10.0. The topological polar surface area (TPSA) is 84.7 Å². The van der Waals surface area contributed by atoms with Gasteiger partial charge in [0, 0.05) is 24.9 Å². The molecule has 0 aliphatic carbocycles. The van der Waals surface area contributed by atoms with Crippen LogP contribution in [0, 0.1) is 6.92 Å². The summed E-state index contributed by atoms with van der Waals surface area (Å²) in [5.74, 6) is 0.691. The molecule has 7 nitrogen and oxygen atoms in total. The highest BCUT2D eigenvalue weighted by molar-refractivity contribution is 5.98. The highest BCUT2D eigenvalue weighted by Crippen LogP contribution is 2.21. The van der Waals surface area contributed by atoms with Crippen LogP contribution in [0.2, 0.25) is 0 Å². The number of aromatic nitrogens is 2. The Balaban J connectivity index is 1.56. The molecule has 1 aromatic heterocycles. The number of ketones is 1. The molecule has 150 valence electrons. The molecule has 2 aromatic rings. The van der Waals surface area contributed by atoms with E-state index in [4.69, 9.17) is 4.74 Å². The maximum atomic E-state index is 12.6. The molecular formula is C21H27N3O4. The molecule has 1 N–H and O–H groups in total. The van der Waals surface area contributed by atoms with Crippen molar-refractivity contribution < 1.29 is 19.4 Å². The summed E-state index contributed by atoms with van der Waals surface area (Å²) < 4.78 is 7.33. The number of rotatable bonds is 7. The van der Waals surface area contributed by atoms with Gasteiger partial charge in [0.2, 0.25) is 5.91 Å². The highest BCUT2D eigenvalue weighted by atomic mass is 16.5. The van der Waals surface area contributed by atoms with Gasteiger partial charge >= 0.3 is 0 Å². The van der Waals surface area contributed by atoms with Crippen LogP contribution in [-0.2, 0) is 17.9 Å². The first kappa shape index (κ1) is 20.1. The van der Waals surface area contributed by atoms with Crippen LogP contribution in [0.25, 0.3) is 0 Å². The summed E-state index contributed by atoms with van der Waals surface area (Å²) in [6, 6.07) is 7.20. The third-order valence-corrected chi connectivity index (χ3v) is 4.96. The van der Waals surface area contributed by atoms with Crippen molar-refractivity contribution in [2.45, 2.75) is 52.8 Å². The second-order valence-corrected chi connectivity index (χ2v) is 7.11. The van der Waals surface area contributed by atoms with Crippen LogP contribution in [0.4, 0.5) is 0 Å². The van der Waals surface area contributed by atoms with Crippen LogP contribution in [0.5, 0.6) is 5.75 Å². The second kappa shape index (κ2) is 8.56. The molecule has 1 aliphatic heterocycles. The lowest BCUT2D eigenvalue weighted by Crippen LogP contribution is -2.38. The highest BCUT2D eigenvalue weighted by Gasteiger charge is 2.23. The predicted octanol–water partition coefficient (Wildman–Crippen LogP) is 2.65. The largest absolute Gasteiger partial charge is 0.494 e. The molecule has 0 bridgehead atoms. The normalized spacial score (nSPS) is 14.5. The summed E-state index contributed by atoms with van der Waals surface area (Å²) in [5.41, 5.74) is 3.04. The minimum Gasteiger partial charge on any atom is -0.494 e. The van der Waals surface area contributed by atoms with Crippen LogP contribution in [-0.4, -0.2) is 44.6 Å². The number of aliphatic hydroxyl groups is 1. The van der Waals surface area contributed by atoms with Crippen LogP contribution < -0.4 is 4.74 Å². The van der Waals surface area contributed by atoms with Crippen LogP contribution >= 0.6 is 0 Å². The number of aliphatic hydroxyl groups excluding tert-OH is 1. The number of carbonyl (C=O) groups is 2. The molecule has 0 spiro atoms. The van der Waals surface area contributed by atoms with E-state index in [0.717, 1.165) is 17.0 Å². The van der Waals surface area contributed by atoms with Crippen molar-refractivity contribution in [3.8, 4) is 5.75 Å². The summed E-state index contributed by atoms with van der Waals surface area (Å²) >= 11 is 0. The zero-order valence-electron chi connectivity index (χ0n) is 16.6. The molecule has 1 aliphatic rings. The van der Waals surface area contributed by atoms with Gasteiger partial charge in [0.1, 0.15) is 5.75 Å². The van der Waals surface area contributed by atoms with Gasteiger partial charge in [-0.05, 0) is 50.6 Å². The molecule has 0 unspecified atom stereocenters. The van der Waals surface area contributed by atoms with E-state index in [1.54, 1.807) is 24.0 Å². The van der Waals surface area contributed by atoms with Gasteiger partial charge in [-0.25, -0.2) is 0 Å². The van der Waals surface area contributed by atoms with E-state index in [1.165, 1.54) is 0 Å². The van der Waals surface area contributed by atoms with Gasteiger partial charge < -0.3 is 14.7 Å². The number of Topliss-reactive ketones (excluding diaryl/α,β-unsaturated/α-hetero) is 1. The van der Waals surface area contributed by atoms with Gasteiger partial charge in [0.15, 0.2) is 5.78 Å². The molecular weight excluding hydrogens is 358 g/mol. The first-order valence-electron chi connectivity index (χ1n) is 9.68. The summed E-state index contributed by atoms with van der Waals surface area (Å²) in [6.07, 6.45) is -0.263. The number of carbonyl (C=O) groups excluding carboxylic acids is 2. The summed E-state index contributed by atoms with van der Waals surface area (Å²) in [5, 5.41) is 14.0. The van der Waals surface area contributed by atoms with E-state index in [1.807, 2.05) is 30.7 Å². The maximum Gasteiger partial charge on any atom is 0.223 e. The van der Waals surface area contributed by atoms with E-state index >= 15 is 0 Å². The lowest BCUT2D eigenvalue weighted by molar-refractivity contribution is -0.132. The third kappa shape index (κ3) is 4.42. The number of benzene rings is 1. The Kier molecular flexibility index (Phi) is 6.14. The summed E-state index contributed by atoms with van der Waals surface area (Å²) in [7, 11) is 0. The molecule has 0 radical (unpaired) electrons. The minimum absolute atomic E-state index is 0.0398. The van der Waals surface area contributed by atoms with Gasteiger partial charge in [-0.15, -0.1) is 0 Å². The molecule has 3 rings (SSSR count). The number of ether oxygens (including phenoxy) is 1. The van der Waals surface area contributed by atoms with Gasteiger partial charge in [0.05, 0.1) is 37.2 Å². The van der Waals surface area contributed by atoms with E-state index in [0.29, 0.717) is 37.5 Å². The molecule has 1 amide bonds. The summed E-state index contributed by atoms with van der Waals surface area (Å²) in [6.45, 7) is 7.69. The van der Waals surface area contributed by atoms with Gasteiger partial charge in [-0.2, -0.15) is 5.10 Å². The van der Waals surface area contributed by atoms with Crippen molar-refractivity contribution in [2.75, 3.05) is 13.2 Å². The van der Waals surface area contributed by atoms with E-state index in [-0.39, 0.29) is 24.5 Å². The minimum atomic E-state index is -0.627. The van der Waals surface area contributed by atoms with Crippen LogP contribution in [0.1, 0.15) is 60.1 Å². The SMILES string of the molecule is CCOc1ccc(C(=O)CCC(=O)N2CCn3nc([C@H](C)O)cc3C2)cc1C. The Hall–Kier alpha value is -2.67. The molecule has 0 fully saturated rings. The molecule has 1 aromatic carbocycles. The molecule has 0 saturated carbocycles. The van der Waals surface area contributed by atoms with Gasteiger partial charge in [-0.3, -0.25) is 14.3 Å². The molecule has 1 atom stereocenters. The fourth-order valence-corrected chi connectivity index (χ4v) is 3.37. The Morgan fingerprint density at radius 3 is 2.71 bits per heavy atom. The number of aryl methyl sites for hydroxylation is 1. The van der Waals surface area contributed by atoms with E-state index in [9.17, 15) is 14.7 Å². The van der Waals surface area contributed by atoms with Crippen molar-refractivity contribution >= 4 is 11.7 Å². The van der Waals surface area contributed by atoms with Gasteiger partial charge in [-0.1, -0.05) is 0 Å². The molecule has 7 heteroatoms.